The van der Waals surface area contributed by atoms with Crippen LogP contribution in [0.3, 0.4) is 0 Å². The number of para-hydroxylation sites is 1. The smallest absolute Gasteiger partial charge is 0.232 e. The molecule has 2 aromatic carbocycles. The molecule has 170 valence electrons. The number of anilines is 1. The summed E-state index contributed by atoms with van der Waals surface area (Å²) < 4.78 is 31.6. The maximum atomic E-state index is 12.2. The molecule has 0 aliphatic rings. The molecular formula is C24H34N2O4S. The van der Waals surface area contributed by atoms with E-state index in [1.807, 2.05) is 43.3 Å². The standard InChI is InChI=1S/C24H34N2O4S/c1-19-10-8-11-20(18-19)26(31(5,28)29)16-9-14-23(27)25-15-17-30-22-13-7-6-12-21(22)24(2,3)4/h6-8,10-13,18H,9,14-17H2,1-5H3,(H,25,27). The van der Waals surface area contributed by atoms with E-state index in [1.165, 1.54) is 10.6 Å². The van der Waals surface area contributed by atoms with Crippen LogP contribution in [0.1, 0.15) is 44.7 Å². The minimum Gasteiger partial charge on any atom is -0.491 e. The molecule has 0 aliphatic heterocycles. The maximum absolute atomic E-state index is 12.2. The normalized spacial score (nSPS) is 11.8. The van der Waals surface area contributed by atoms with Crippen LogP contribution in [-0.4, -0.2) is 40.3 Å². The molecule has 0 atom stereocenters. The van der Waals surface area contributed by atoms with Crippen LogP contribution in [0.2, 0.25) is 0 Å². The predicted molar refractivity (Wildman–Crippen MR) is 126 cm³/mol. The van der Waals surface area contributed by atoms with Crippen molar-refractivity contribution < 1.29 is 17.9 Å². The van der Waals surface area contributed by atoms with Crippen molar-refractivity contribution in [2.24, 2.45) is 0 Å². The van der Waals surface area contributed by atoms with Crippen LogP contribution in [0.5, 0.6) is 5.75 Å². The second-order valence-electron chi connectivity index (χ2n) is 8.72. The van der Waals surface area contributed by atoms with Gasteiger partial charge in [-0.2, -0.15) is 0 Å². The molecule has 1 N–H and O–H groups in total. The van der Waals surface area contributed by atoms with E-state index in [0.29, 0.717) is 25.3 Å². The predicted octanol–water partition coefficient (Wildman–Crippen LogP) is 4.03. The number of hydrogen-bond acceptors (Lipinski definition) is 4. The van der Waals surface area contributed by atoms with Gasteiger partial charge in [-0.3, -0.25) is 9.10 Å². The van der Waals surface area contributed by atoms with Gasteiger partial charge in [0.25, 0.3) is 0 Å². The van der Waals surface area contributed by atoms with Gasteiger partial charge in [0, 0.05) is 13.0 Å². The van der Waals surface area contributed by atoms with Crippen molar-refractivity contribution in [3.05, 3.63) is 59.7 Å². The molecule has 2 rings (SSSR count). The number of nitrogens with one attached hydrogen (secondary N) is 1. The largest absolute Gasteiger partial charge is 0.491 e. The van der Waals surface area contributed by atoms with Crippen molar-refractivity contribution in [2.75, 3.05) is 30.3 Å². The first kappa shape index (κ1) is 24.7. The van der Waals surface area contributed by atoms with Gasteiger partial charge in [0.2, 0.25) is 15.9 Å². The van der Waals surface area contributed by atoms with Gasteiger partial charge in [0.1, 0.15) is 12.4 Å². The molecule has 0 saturated heterocycles. The molecule has 0 unspecified atom stereocenters. The van der Waals surface area contributed by atoms with Crippen molar-refractivity contribution in [3.63, 3.8) is 0 Å². The third-order valence-corrected chi connectivity index (χ3v) is 6.03. The lowest BCUT2D eigenvalue weighted by Gasteiger charge is -2.23. The molecule has 0 radical (unpaired) electrons. The number of aryl methyl sites for hydroxylation is 1. The van der Waals surface area contributed by atoms with Gasteiger partial charge in [-0.25, -0.2) is 8.42 Å². The third kappa shape index (κ3) is 7.90. The van der Waals surface area contributed by atoms with Crippen LogP contribution in [0.15, 0.2) is 48.5 Å². The number of sulfonamides is 1. The van der Waals surface area contributed by atoms with Crippen LogP contribution >= 0.6 is 0 Å². The Labute approximate surface area is 186 Å². The summed E-state index contributed by atoms with van der Waals surface area (Å²) in [6.07, 6.45) is 1.86. The Morgan fingerprint density at radius 2 is 1.81 bits per heavy atom. The molecule has 0 aromatic heterocycles. The fraction of sp³-hybridized carbons (Fsp3) is 0.458. The Kier molecular flexibility index (Phi) is 8.51. The molecule has 0 aliphatic carbocycles. The number of benzene rings is 2. The van der Waals surface area contributed by atoms with Crippen LogP contribution in [0.25, 0.3) is 0 Å². The van der Waals surface area contributed by atoms with Gasteiger partial charge in [0.15, 0.2) is 0 Å². The summed E-state index contributed by atoms with van der Waals surface area (Å²) in [4.78, 5) is 12.2. The molecule has 2 aromatic rings. The zero-order valence-electron chi connectivity index (χ0n) is 19.1. The minimum atomic E-state index is -3.42. The van der Waals surface area contributed by atoms with Gasteiger partial charge >= 0.3 is 0 Å². The number of nitrogens with zero attached hydrogens (tertiary/aromatic N) is 1. The van der Waals surface area contributed by atoms with E-state index in [-0.39, 0.29) is 24.3 Å². The zero-order chi connectivity index (χ0) is 23.1. The molecule has 0 spiro atoms. The van der Waals surface area contributed by atoms with Crippen LogP contribution < -0.4 is 14.4 Å². The first-order valence-corrected chi connectivity index (χ1v) is 12.4. The summed E-state index contributed by atoms with van der Waals surface area (Å²) in [6, 6.07) is 15.3. The molecule has 0 heterocycles. The highest BCUT2D eigenvalue weighted by atomic mass is 32.2. The molecule has 31 heavy (non-hydrogen) atoms. The highest BCUT2D eigenvalue weighted by Crippen LogP contribution is 2.30. The lowest BCUT2D eigenvalue weighted by atomic mass is 9.86. The van der Waals surface area contributed by atoms with Gasteiger partial charge in [-0.05, 0) is 48.1 Å². The molecule has 0 saturated carbocycles. The van der Waals surface area contributed by atoms with Crippen LogP contribution in [0.4, 0.5) is 5.69 Å². The summed E-state index contributed by atoms with van der Waals surface area (Å²) in [7, 11) is -3.42. The van der Waals surface area contributed by atoms with Crippen molar-refractivity contribution in [3.8, 4) is 5.75 Å². The van der Waals surface area contributed by atoms with E-state index in [4.69, 9.17) is 4.74 Å². The SMILES string of the molecule is Cc1cccc(N(CCCC(=O)NCCOc2ccccc2C(C)(C)C)S(C)(=O)=O)c1. The highest BCUT2D eigenvalue weighted by Gasteiger charge is 2.19. The lowest BCUT2D eigenvalue weighted by Crippen LogP contribution is -2.33. The lowest BCUT2D eigenvalue weighted by molar-refractivity contribution is -0.121. The first-order chi connectivity index (χ1) is 14.5. The summed E-state index contributed by atoms with van der Waals surface area (Å²) in [5, 5.41) is 2.84. The molecule has 0 fully saturated rings. The molecule has 7 heteroatoms. The Bertz CT molecular complexity index is 981. The molecule has 6 nitrogen and oxygen atoms in total. The van der Waals surface area contributed by atoms with E-state index >= 15 is 0 Å². The summed E-state index contributed by atoms with van der Waals surface area (Å²) in [5.41, 5.74) is 2.70. The first-order valence-electron chi connectivity index (χ1n) is 10.5. The van der Waals surface area contributed by atoms with Crippen LogP contribution in [-0.2, 0) is 20.2 Å². The number of ether oxygens (including phenoxy) is 1. The number of rotatable bonds is 10. The Balaban J connectivity index is 1.79. The van der Waals surface area contributed by atoms with E-state index in [2.05, 4.69) is 32.2 Å². The number of hydrogen-bond donors (Lipinski definition) is 1. The van der Waals surface area contributed by atoms with E-state index < -0.39 is 10.0 Å². The van der Waals surface area contributed by atoms with Crippen molar-refractivity contribution in [1.29, 1.82) is 0 Å². The number of carbonyl (C=O) groups excluding carboxylic acids is 1. The molecular weight excluding hydrogens is 412 g/mol. The quantitative estimate of drug-likeness (QED) is 0.559. The average molecular weight is 447 g/mol. The van der Waals surface area contributed by atoms with Gasteiger partial charge in [-0.15, -0.1) is 0 Å². The van der Waals surface area contributed by atoms with E-state index in [9.17, 15) is 13.2 Å². The summed E-state index contributed by atoms with van der Waals surface area (Å²) in [5.74, 6) is 0.705. The minimum absolute atomic E-state index is 0.0252. The van der Waals surface area contributed by atoms with E-state index in [0.717, 1.165) is 16.9 Å². The Morgan fingerprint density at radius 1 is 1.10 bits per heavy atom. The fourth-order valence-electron chi connectivity index (χ4n) is 3.30. The molecule has 1 amide bonds. The van der Waals surface area contributed by atoms with Crippen molar-refractivity contribution in [1.82, 2.24) is 5.32 Å². The second kappa shape index (κ2) is 10.7. The third-order valence-electron chi connectivity index (χ3n) is 4.83. The van der Waals surface area contributed by atoms with E-state index in [1.54, 1.807) is 6.07 Å². The topological polar surface area (TPSA) is 75.7 Å². The number of amides is 1. The fourth-order valence-corrected chi connectivity index (χ4v) is 4.26. The van der Waals surface area contributed by atoms with Crippen LogP contribution in [0, 0.1) is 6.92 Å². The second-order valence-corrected chi connectivity index (χ2v) is 10.6. The average Bonchev–Trinajstić information content (AvgIpc) is 2.67. The van der Waals surface area contributed by atoms with Gasteiger partial charge in [-0.1, -0.05) is 51.1 Å². The summed E-state index contributed by atoms with van der Waals surface area (Å²) in [6.45, 7) is 9.33. The molecule has 0 bridgehead atoms. The monoisotopic (exact) mass is 446 g/mol. The van der Waals surface area contributed by atoms with Crippen molar-refractivity contribution in [2.45, 2.75) is 46.0 Å². The van der Waals surface area contributed by atoms with Crippen molar-refractivity contribution >= 4 is 21.6 Å². The Morgan fingerprint density at radius 3 is 2.45 bits per heavy atom. The Hall–Kier alpha value is -2.54. The van der Waals surface area contributed by atoms with Gasteiger partial charge < -0.3 is 10.1 Å². The van der Waals surface area contributed by atoms with Gasteiger partial charge in [0.05, 0.1) is 18.5 Å². The zero-order valence-corrected chi connectivity index (χ0v) is 20.0. The number of carbonyl (C=O) groups is 1. The highest BCUT2D eigenvalue weighted by molar-refractivity contribution is 7.92. The summed E-state index contributed by atoms with van der Waals surface area (Å²) >= 11 is 0. The maximum Gasteiger partial charge on any atom is 0.232 e.